The SMILES string of the molecule is O=C(Nc1ccn(Cc2ccccn2)n1)[C@H]1COc2ccccc2O1. The van der Waals surface area contributed by atoms with Crippen LogP contribution < -0.4 is 14.8 Å². The molecule has 1 amide bonds. The maximum Gasteiger partial charge on any atom is 0.270 e. The number of benzene rings is 1. The number of hydrogen-bond donors (Lipinski definition) is 1. The fraction of sp³-hybridized carbons (Fsp3) is 0.167. The summed E-state index contributed by atoms with van der Waals surface area (Å²) >= 11 is 0. The van der Waals surface area contributed by atoms with Crippen molar-refractivity contribution in [3.63, 3.8) is 0 Å². The van der Waals surface area contributed by atoms with E-state index in [0.29, 0.717) is 23.9 Å². The molecular weight excluding hydrogens is 320 g/mol. The molecule has 1 atom stereocenters. The van der Waals surface area contributed by atoms with Crippen LogP contribution in [0.4, 0.5) is 5.82 Å². The topological polar surface area (TPSA) is 78.3 Å². The number of rotatable bonds is 4. The molecule has 3 heterocycles. The van der Waals surface area contributed by atoms with Crippen LogP contribution in [0.15, 0.2) is 60.9 Å². The Morgan fingerprint density at radius 2 is 2.00 bits per heavy atom. The van der Waals surface area contributed by atoms with Crippen molar-refractivity contribution in [3.8, 4) is 11.5 Å². The van der Waals surface area contributed by atoms with Gasteiger partial charge in [-0.1, -0.05) is 18.2 Å². The number of aromatic nitrogens is 3. The summed E-state index contributed by atoms with van der Waals surface area (Å²) in [7, 11) is 0. The highest BCUT2D eigenvalue weighted by Crippen LogP contribution is 2.31. The monoisotopic (exact) mass is 336 g/mol. The number of amides is 1. The number of para-hydroxylation sites is 2. The van der Waals surface area contributed by atoms with Crippen LogP contribution >= 0.6 is 0 Å². The zero-order valence-electron chi connectivity index (χ0n) is 13.3. The summed E-state index contributed by atoms with van der Waals surface area (Å²) in [6.07, 6.45) is 2.81. The van der Waals surface area contributed by atoms with Crippen LogP contribution in [0.25, 0.3) is 0 Å². The fourth-order valence-corrected chi connectivity index (χ4v) is 2.53. The van der Waals surface area contributed by atoms with Gasteiger partial charge in [0.25, 0.3) is 5.91 Å². The summed E-state index contributed by atoms with van der Waals surface area (Å²) in [5.41, 5.74) is 0.893. The molecule has 1 aromatic carbocycles. The number of carbonyl (C=O) groups is 1. The molecule has 7 heteroatoms. The van der Waals surface area contributed by atoms with Crippen molar-refractivity contribution in [2.75, 3.05) is 11.9 Å². The number of ether oxygens (including phenoxy) is 2. The van der Waals surface area contributed by atoms with E-state index in [0.717, 1.165) is 5.69 Å². The van der Waals surface area contributed by atoms with Gasteiger partial charge in [0.15, 0.2) is 17.3 Å². The number of anilines is 1. The van der Waals surface area contributed by atoms with Gasteiger partial charge in [-0.15, -0.1) is 0 Å². The van der Waals surface area contributed by atoms with E-state index >= 15 is 0 Å². The quantitative estimate of drug-likeness (QED) is 0.789. The number of carbonyl (C=O) groups excluding carboxylic acids is 1. The van der Waals surface area contributed by atoms with Crippen molar-refractivity contribution in [2.45, 2.75) is 12.6 Å². The lowest BCUT2D eigenvalue weighted by molar-refractivity contribution is -0.125. The average molecular weight is 336 g/mol. The lowest BCUT2D eigenvalue weighted by Gasteiger charge is -2.25. The van der Waals surface area contributed by atoms with Gasteiger partial charge in [0.1, 0.15) is 6.61 Å². The molecule has 0 spiro atoms. The molecule has 126 valence electrons. The maximum atomic E-state index is 12.4. The van der Waals surface area contributed by atoms with Gasteiger partial charge >= 0.3 is 0 Å². The zero-order valence-corrected chi connectivity index (χ0v) is 13.3. The number of hydrogen-bond acceptors (Lipinski definition) is 5. The molecule has 0 bridgehead atoms. The van der Waals surface area contributed by atoms with Crippen LogP contribution in [-0.4, -0.2) is 33.4 Å². The van der Waals surface area contributed by atoms with Crippen molar-refractivity contribution in [2.24, 2.45) is 0 Å². The molecule has 0 fully saturated rings. The molecule has 0 unspecified atom stereocenters. The van der Waals surface area contributed by atoms with Crippen LogP contribution in [0.1, 0.15) is 5.69 Å². The summed E-state index contributed by atoms with van der Waals surface area (Å²) in [4.78, 5) is 16.6. The Morgan fingerprint density at radius 1 is 1.16 bits per heavy atom. The largest absolute Gasteiger partial charge is 0.485 e. The summed E-state index contributed by atoms with van der Waals surface area (Å²) < 4.78 is 13.0. The third-order valence-corrected chi connectivity index (χ3v) is 3.74. The summed E-state index contributed by atoms with van der Waals surface area (Å²) in [6, 6.07) is 14.7. The minimum Gasteiger partial charge on any atom is -0.485 e. The first-order chi connectivity index (χ1) is 12.3. The molecule has 2 aromatic heterocycles. The molecule has 1 N–H and O–H groups in total. The predicted molar refractivity (Wildman–Crippen MR) is 90.5 cm³/mol. The van der Waals surface area contributed by atoms with Crippen molar-refractivity contribution >= 4 is 11.7 Å². The van der Waals surface area contributed by atoms with Crippen molar-refractivity contribution < 1.29 is 14.3 Å². The highest BCUT2D eigenvalue weighted by molar-refractivity contribution is 5.93. The Balaban J connectivity index is 1.39. The first kappa shape index (κ1) is 15.2. The van der Waals surface area contributed by atoms with E-state index in [-0.39, 0.29) is 12.5 Å². The van der Waals surface area contributed by atoms with Crippen LogP contribution in [-0.2, 0) is 11.3 Å². The van der Waals surface area contributed by atoms with E-state index < -0.39 is 6.10 Å². The molecule has 3 aromatic rings. The minimum absolute atomic E-state index is 0.164. The summed E-state index contributed by atoms with van der Waals surface area (Å²) in [6.45, 7) is 0.699. The molecule has 25 heavy (non-hydrogen) atoms. The Kier molecular flexibility index (Phi) is 4.04. The first-order valence-corrected chi connectivity index (χ1v) is 7.91. The van der Waals surface area contributed by atoms with Gasteiger partial charge in [0.2, 0.25) is 6.10 Å². The van der Waals surface area contributed by atoms with Crippen LogP contribution in [0, 0.1) is 0 Å². The standard InChI is InChI=1S/C18H16N4O3/c23-18(16-12-24-14-6-1-2-7-15(14)25-16)20-17-8-10-22(21-17)11-13-5-3-4-9-19-13/h1-10,16H,11-12H2,(H,20,21,23)/t16-/m1/s1. The Hall–Kier alpha value is -3.35. The Morgan fingerprint density at radius 3 is 2.84 bits per heavy atom. The maximum absolute atomic E-state index is 12.4. The minimum atomic E-state index is -0.712. The zero-order chi connectivity index (χ0) is 17.1. The lowest BCUT2D eigenvalue weighted by Crippen LogP contribution is -2.40. The summed E-state index contributed by atoms with van der Waals surface area (Å²) in [5, 5.41) is 7.09. The third kappa shape index (κ3) is 3.45. The van der Waals surface area contributed by atoms with E-state index in [4.69, 9.17) is 9.47 Å². The Labute approximate surface area is 144 Å². The molecule has 0 saturated heterocycles. The number of pyridine rings is 1. The molecule has 0 radical (unpaired) electrons. The normalized spacial score (nSPS) is 15.6. The van der Waals surface area contributed by atoms with E-state index in [1.807, 2.05) is 36.4 Å². The molecule has 0 aliphatic carbocycles. The van der Waals surface area contributed by atoms with E-state index in [1.54, 1.807) is 29.2 Å². The highest BCUT2D eigenvalue weighted by Gasteiger charge is 2.27. The van der Waals surface area contributed by atoms with E-state index in [1.165, 1.54) is 0 Å². The van der Waals surface area contributed by atoms with E-state index in [9.17, 15) is 4.79 Å². The molecule has 1 aliphatic heterocycles. The molecular formula is C18H16N4O3. The average Bonchev–Trinajstić information content (AvgIpc) is 3.09. The number of nitrogens with zero attached hydrogens (tertiary/aromatic N) is 3. The van der Waals surface area contributed by atoms with Gasteiger partial charge in [0.05, 0.1) is 12.2 Å². The van der Waals surface area contributed by atoms with Gasteiger partial charge < -0.3 is 14.8 Å². The second-order valence-electron chi connectivity index (χ2n) is 5.57. The van der Waals surface area contributed by atoms with Crippen molar-refractivity contribution in [3.05, 3.63) is 66.6 Å². The molecule has 1 aliphatic rings. The van der Waals surface area contributed by atoms with Gasteiger partial charge in [-0.25, -0.2) is 0 Å². The smallest absolute Gasteiger partial charge is 0.270 e. The first-order valence-electron chi connectivity index (χ1n) is 7.91. The molecule has 4 rings (SSSR count). The summed E-state index contributed by atoms with van der Waals surface area (Å²) in [5.74, 6) is 1.38. The Bertz CT molecular complexity index is 879. The molecule has 7 nitrogen and oxygen atoms in total. The lowest BCUT2D eigenvalue weighted by atomic mass is 10.2. The second kappa shape index (κ2) is 6.64. The molecule has 0 saturated carbocycles. The number of nitrogens with one attached hydrogen (secondary N) is 1. The number of fused-ring (bicyclic) bond motifs is 1. The van der Waals surface area contributed by atoms with Crippen LogP contribution in [0.3, 0.4) is 0 Å². The second-order valence-corrected chi connectivity index (χ2v) is 5.57. The van der Waals surface area contributed by atoms with E-state index in [2.05, 4.69) is 15.4 Å². The van der Waals surface area contributed by atoms with Crippen LogP contribution in [0.2, 0.25) is 0 Å². The van der Waals surface area contributed by atoms with Crippen molar-refractivity contribution in [1.29, 1.82) is 0 Å². The van der Waals surface area contributed by atoms with Gasteiger partial charge in [-0.3, -0.25) is 14.5 Å². The third-order valence-electron chi connectivity index (χ3n) is 3.74. The van der Waals surface area contributed by atoms with Gasteiger partial charge in [-0.2, -0.15) is 5.10 Å². The van der Waals surface area contributed by atoms with Crippen LogP contribution in [0.5, 0.6) is 11.5 Å². The van der Waals surface area contributed by atoms with Crippen molar-refractivity contribution in [1.82, 2.24) is 14.8 Å². The predicted octanol–water partition coefficient (Wildman–Crippen LogP) is 2.10. The van der Waals surface area contributed by atoms with Gasteiger partial charge in [0, 0.05) is 18.5 Å². The highest BCUT2D eigenvalue weighted by atomic mass is 16.6. The van der Waals surface area contributed by atoms with Gasteiger partial charge in [-0.05, 0) is 24.3 Å². The fourth-order valence-electron chi connectivity index (χ4n) is 2.53.